The molecule has 1 heterocycles. The van der Waals surface area contributed by atoms with Crippen molar-refractivity contribution in [2.45, 2.75) is 160 Å². The molecule has 0 aromatic heterocycles. The molecule has 0 aliphatic carbocycles. The maximum Gasteiger partial charge on any atom is 0.472 e. The molecule has 0 radical (unpaired) electrons. The molecule has 300 valence electrons. The number of hydrogen-bond acceptors (Lipinski definition) is 6. The van der Waals surface area contributed by atoms with E-state index in [4.69, 9.17) is 13.8 Å². The summed E-state index contributed by atoms with van der Waals surface area (Å²) in [5.41, 5.74) is 0. The smallest absolute Gasteiger partial charge is 0.387 e. The van der Waals surface area contributed by atoms with E-state index < -0.39 is 20.0 Å². The van der Waals surface area contributed by atoms with Gasteiger partial charge in [0.25, 0.3) is 0 Å². The van der Waals surface area contributed by atoms with Gasteiger partial charge < -0.3 is 24.5 Å². The van der Waals surface area contributed by atoms with Gasteiger partial charge in [0.05, 0.1) is 52.1 Å². The third-order valence-corrected chi connectivity index (χ3v) is 9.87. The largest absolute Gasteiger partial charge is 0.472 e. The lowest BCUT2D eigenvalue weighted by Gasteiger charge is -2.25. The lowest BCUT2D eigenvalue weighted by molar-refractivity contribution is -0.870. The summed E-state index contributed by atoms with van der Waals surface area (Å²) >= 11 is 0. The number of nitrogens with one attached hydrogen (secondary N) is 1. The Bertz CT molecular complexity index is 1100. The summed E-state index contributed by atoms with van der Waals surface area (Å²) in [7, 11) is 1.50. The van der Waals surface area contributed by atoms with Crippen molar-refractivity contribution in [1.82, 2.24) is 5.32 Å². The number of hydrogen-bond donors (Lipinski definition) is 3. The number of nitrogens with zero attached hydrogens (tertiary/aromatic N) is 1. The maximum absolute atomic E-state index is 12.8. The van der Waals surface area contributed by atoms with Crippen LogP contribution in [-0.4, -0.2) is 85.6 Å². The molecule has 1 aliphatic rings. The molecular weight excluding hydrogens is 675 g/mol. The van der Waals surface area contributed by atoms with Crippen LogP contribution in [0, 0.1) is 0 Å². The van der Waals surface area contributed by atoms with Crippen molar-refractivity contribution in [3.63, 3.8) is 0 Å². The number of epoxide rings is 1. The normalized spacial score (nSPS) is 19.1. The molecule has 1 amide bonds. The molecule has 10 heteroatoms. The van der Waals surface area contributed by atoms with Gasteiger partial charge >= 0.3 is 7.82 Å². The number of unbranched alkanes of at least 4 members (excludes halogenated alkanes) is 10. The third kappa shape index (κ3) is 29.6. The van der Waals surface area contributed by atoms with Crippen LogP contribution in [0.5, 0.6) is 0 Å². The zero-order valence-corrected chi connectivity index (χ0v) is 34.4. The molecule has 1 aliphatic heterocycles. The van der Waals surface area contributed by atoms with Crippen LogP contribution in [-0.2, 0) is 23.1 Å². The van der Waals surface area contributed by atoms with E-state index in [0.717, 1.165) is 44.9 Å². The van der Waals surface area contributed by atoms with E-state index in [-0.39, 0.29) is 25.5 Å². The van der Waals surface area contributed by atoms with Crippen molar-refractivity contribution < 1.29 is 37.6 Å². The van der Waals surface area contributed by atoms with Crippen LogP contribution in [0.1, 0.15) is 136 Å². The average molecular weight is 752 g/mol. The number of phosphoric acid groups is 1. The van der Waals surface area contributed by atoms with Crippen LogP contribution >= 0.6 is 7.82 Å². The van der Waals surface area contributed by atoms with Gasteiger partial charge in [-0.2, -0.15) is 0 Å². The number of ether oxygens (including phenoxy) is 1. The first-order valence-electron chi connectivity index (χ1n) is 20.3. The van der Waals surface area contributed by atoms with Crippen LogP contribution in [0.3, 0.4) is 0 Å². The number of likely N-dealkylation sites (N-methyl/N-ethyl adjacent to an activating group) is 1. The zero-order valence-electron chi connectivity index (χ0n) is 33.5. The second-order valence-electron chi connectivity index (χ2n) is 15.0. The Kier molecular flexibility index (Phi) is 28.2. The molecule has 1 fully saturated rings. The van der Waals surface area contributed by atoms with E-state index >= 15 is 0 Å². The summed E-state index contributed by atoms with van der Waals surface area (Å²) in [5, 5.41) is 13.7. The number of carbonyl (C=O) groups is 1. The number of aliphatic hydroxyl groups is 1. The quantitative estimate of drug-likeness (QED) is 0.0197. The van der Waals surface area contributed by atoms with E-state index in [9.17, 15) is 19.4 Å². The lowest BCUT2D eigenvalue weighted by Crippen LogP contribution is -2.45. The number of carbonyl (C=O) groups excluding carboxylic acids is 1. The van der Waals surface area contributed by atoms with Gasteiger partial charge in [-0.3, -0.25) is 13.8 Å². The van der Waals surface area contributed by atoms with Gasteiger partial charge in [-0.25, -0.2) is 4.57 Å². The van der Waals surface area contributed by atoms with Crippen LogP contribution < -0.4 is 5.32 Å². The SMILES string of the molecule is CCCCCCCC/C=C\CC/C=C/[C@@H](O)[C@H](COP(=O)(O)OCC[N+](C)(C)C)NC(=O)CCC/C=C\C/C=C\C/C=C\CC1OC1CCCCC. The highest BCUT2D eigenvalue weighted by Gasteiger charge is 2.36. The minimum Gasteiger partial charge on any atom is -0.387 e. The molecule has 1 saturated heterocycles. The first-order valence-corrected chi connectivity index (χ1v) is 21.8. The Labute approximate surface area is 317 Å². The molecular formula is C42H76N2O7P+. The van der Waals surface area contributed by atoms with E-state index in [1.165, 1.54) is 64.2 Å². The molecule has 0 bridgehead atoms. The molecule has 3 N–H and O–H groups in total. The van der Waals surface area contributed by atoms with E-state index in [1.807, 2.05) is 27.2 Å². The van der Waals surface area contributed by atoms with Gasteiger partial charge in [-0.15, -0.1) is 0 Å². The lowest BCUT2D eigenvalue weighted by atomic mass is 10.1. The van der Waals surface area contributed by atoms with Crippen molar-refractivity contribution in [3.05, 3.63) is 60.8 Å². The monoisotopic (exact) mass is 752 g/mol. The minimum absolute atomic E-state index is 0.0410. The molecule has 3 unspecified atom stereocenters. The number of rotatable bonds is 34. The van der Waals surface area contributed by atoms with Crippen molar-refractivity contribution in [1.29, 1.82) is 0 Å². The predicted octanol–water partition coefficient (Wildman–Crippen LogP) is 9.67. The Morgan fingerprint density at radius 1 is 0.769 bits per heavy atom. The van der Waals surface area contributed by atoms with Crippen molar-refractivity contribution in [2.24, 2.45) is 0 Å². The van der Waals surface area contributed by atoms with Crippen LogP contribution in [0.25, 0.3) is 0 Å². The van der Waals surface area contributed by atoms with E-state index in [2.05, 4.69) is 67.8 Å². The van der Waals surface area contributed by atoms with Gasteiger partial charge in [0.1, 0.15) is 13.2 Å². The number of allylic oxidation sites excluding steroid dienone is 8. The second-order valence-corrected chi connectivity index (χ2v) is 16.5. The van der Waals surface area contributed by atoms with Gasteiger partial charge in [-0.05, 0) is 64.2 Å². The van der Waals surface area contributed by atoms with Gasteiger partial charge in [-0.1, -0.05) is 126 Å². The van der Waals surface area contributed by atoms with Crippen LogP contribution in [0.15, 0.2) is 60.8 Å². The van der Waals surface area contributed by atoms with Gasteiger partial charge in [0.15, 0.2) is 0 Å². The van der Waals surface area contributed by atoms with Crippen LogP contribution in [0.2, 0.25) is 0 Å². The summed E-state index contributed by atoms with van der Waals surface area (Å²) in [6, 6.07) is -0.895. The molecule has 9 nitrogen and oxygen atoms in total. The standard InChI is InChI=1S/C42H75N2O7P/c1-6-8-10-11-12-13-14-15-18-21-24-28-31-39(45)38(37-50-52(47,48)49-36-35-44(3,4)5)43-42(46)34-30-26-23-20-17-16-19-22-25-29-33-41-40(51-41)32-27-9-7-2/h15-16,18-20,23,25,28-29,31,38-41,45H,6-14,17,21-22,24,26-27,30,32-37H2,1-5H3,(H-,43,46,47,48)/p+1/b18-15-,19-16-,23-20-,29-25-,31-28+/t38-,39+,40?,41?/m0/s1. The molecule has 5 atom stereocenters. The fourth-order valence-electron chi connectivity index (χ4n) is 5.49. The highest BCUT2D eigenvalue weighted by molar-refractivity contribution is 7.47. The van der Waals surface area contributed by atoms with Crippen LogP contribution in [0.4, 0.5) is 0 Å². The summed E-state index contributed by atoms with van der Waals surface area (Å²) in [4.78, 5) is 23.0. The number of phosphoric ester groups is 1. The number of quaternary nitrogens is 1. The van der Waals surface area contributed by atoms with Crippen molar-refractivity contribution in [2.75, 3.05) is 40.9 Å². The fraction of sp³-hybridized carbons (Fsp3) is 0.738. The van der Waals surface area contributed by atoms with E-state index in [0.29, 0.717) is 29.7 Å². The first kappa shape index (κ1) is 48.2. The Balaban J connectivity index is 2.42. The maximum atomic E-state index is 12.8. The number of aliphatic hydroxyl groups excluding tert-OH is 1. The molecule has 52 heavy (non-hydrogen) atoms. The van der Waals surface area contributed by atoms with Gasteiger partial charge in [0, 0.05) is 6.42 Å². The summed E-state index contributed by atoms with van der Waals surface area (Å²) in [5.74, 6) is -0.249. The average Bonchev–Trinajstić information content (AvgIpc) is 3.84. The second kappa shape index (κ2) is 30.5. The highest BCUT2D eigenvalue weighted by Crippen LogP contribution is 2.43. The first-order chi connectivity index (χ1) is 25.0. The Hall–Kier alpha value is -1.84. The van der Waals surface area contributed by atoms with Crippen molar-refractivity contribution >= 4 is 13.7 Å². The number of amides is 1. The topological polar surface area (TPSA) is 118 Å². The molecule has 0 spiro atoms. The summed E-state index contributed by atoms with van der Waals surface area (Å²) in [6.07, 6.45) is 40.4. The molecule has 0 aromatic rings. The predicted molar refractivity (Wildman–Crippen MR) is 216 cm³/mol. The summed E-state index contributed by atoms with van der Waals surface area (Å²) < 4.78 is 29.2. The molecule has 0 aromatic carbocycles. The Morgan fingerprint density at radius 3 is 2.10 bits per heavy atom. The molecule has 0 saturated carbocycles. The third-order valence-electron chi connectivity index (χ3n) is 8.88. The van der Waals surface area contributed by atoms with Gasteiger partial charge in [0.2, 0.25) is 5.91 Å². The van der Waals surface area contributed by atoms with E-state index in [1.54, 1.807) is 6.08 Å². The summed E-state index contributed by atoms with van der Waals surface area (Å²) in [6.45, 7) is 4.66. The zero-order chi connectivity index (χ0) is 38.3. The van der Waals surface area contributed by atoms with Crippen molar-refractivity contribution in [3.8, 4) is 0 Å². The fourth-order valence-corrected chi connectivity index (χ4v) is 6.23. The Morgan fingerprint density at radius 2 is 1.37 bits per heavy atom. The minimum atomic E-state index is -4.36. The highest BCUT2D eigenvalue weighted by atomic mass is 31.2. The molecule has 1 rings (SSSR count).